The lowest BCUT2D eigenvalue weighted by Crippen LogP contribution is -2.26. The maximum atomic E-state index is 12.3. The summed E-state index contributed by atoms with van der Waals surface area (Å²) in [5, 5.41) is 3.03. The highest BCUT2D eigenvalue weighted by atomic mass is 32.2. The summed E-state index contributed by atoms with van der Waals surface area (Å²) in [6.45, 7) is 2.84. The Labute approximate surface area is 129 Å². The molecule has 2 aromatic heterocycles. The number of hydrogen-bond acceptors (Lipinski definition) is 5. The van der Waals surface area contributed by atoms with Crippen molar-refractivity contribution in [1.82, 2.24) is 19.6 Å². The van der Waals surface area contributed by atoms with Crippen LogP contribution in [-0.2, 0) is 30.0 Å². The Kier molecular flexibility index (Phi) is 5.15. The fourth-order valence-electron chi connectivity index (χ4n) is 2.06. The van der Waals surface area contributed by atoms with Crippen LogP contribution in [0.3, 0.4) is 0 Å². The maximum absolute atomic E-state index is 12.3. The summed E-state index contributed by atoms with van der Waals surface area (Å²) in [6, 6.07) is 1.74. The zero-order valence-electron chi connectivity index (χ0n) is 12.4. The molecule has 2 heterocycles. The molecular weight excluding hydrogens is 308 g/mol. The summed E-state index contributed by atoms with van der Waals surface area (Å²) in [7, 11) is 0.275. The SMILES string of the molecule is CNCc1cc(S(=O)(=O)NCCc2nccn2C)c(C)s1. The number of nitrogens with zero attached hydrogens (tertiary/aromatic N) is 2. The van der Waals surface area contributed by atoms with E-state index in [0.717, 1.165) is 15.6 Å². The van der Waals surface area contributed by atoms with E-state index in [4.69, 9.17) is 0 Å². The zero-order chi connectivity index (χ0) is 15.5. The highest BCUT2D eigenvalue weighted by Crippen LogP contribution is 2.25. The maximum Gasteiger partial charge on any atom is 0.241 e. The molecule has 6 nitrogen and oxygen atoms in total. The molecule has 21 heavy (non-hydrogen) atoms. The second kappa shape index (κ2) is 6.69. The Bertz CT molecular complexity index is 704. The van der Waals surface area contributed by atoms with Crippen molar-refractivity contribution in [2.75, 3.05) is 13.6 Å². The second-order valence-corrected chi connectivity index (χ2v) is 7.84. The Morgan fingerprint density at radius 3 is 2.81 bits per heavy atom. The number of rotatable bonds is 7. The topological polar surface area (TPSA) is 76.0 Å². The largest absolute Gasteiger partial charge is 0.338 e. The molecule has 2 aromatic rings. The quantitative estimate of drug-likeness (QED) is 0.796. The van der Waals surface area contributed by atoms with E-state index in [-0.39, 0.29) is 0 Å². The van der Waals surface area contributed by atoms with Crippen molar-refractivity contribution in [2.24, 2.45) is 7.05 Å². The minimum atomic E-state index is -3.46. The molecule has 2 N–H and O–H groups in total. The van der Waals surface area contributed by atoms with E-state index in [9.17, 15) is 8.42 Å². The van der Waals surface area contributed by atoms with Gasteiger partial charge in [0.05, 0.1) is 4.90 Å². The van der Waals surface area contributed by atoms with E-state index in [0.29, 0.717) is 24.4 Å². The Morgan fingerprint density at radius 1 is 1.43 bits per heavy atom. The van der Waals surface area contributed by atoms with Gasteiger partial charge in [0, 0.05) is 48.7 Å². The third kappa shape index (κ3) is 3.91. The first-order chi connectivity index (χ1) is 9.94. The van der Waals surface area contributed by atoms with Gasteiger partial charge in [-0.15, -0.1) is 11.3 Å². The van der Waals surface area contributed by atoms with Gasteiger partial charge in [-0.2, -0.15) is 0 Å². The highest BCUT2D eigenvalue weighted by Gasteiger charge is 2.19. The minimum Gasteiger partial charge on any atom is -0.338 e. The summed E-state index contributed by atoms with van der Waals surface area (Å²) in [4.78, 5) is 6.37. The van der Waals surface area contributed by atoms with Crippen molar-refractivity contribution in [3.63, 3.8) is 0 Å². The minimum absolute atomic E-state index is 0.337. The van der Waals surface area contributed by atoms with E-state index in [2.05, 4.69) is 15.0 Å². The molecule has 0 atom stereocenters. The lowest BCUT2D eigenvalue weighted by molar-refractivity contribution is 0.580. The van der Waals surface area contributed by atoms with Crippen molar-refractivity contribution in [2.45, 2.75) is 24.8 Å². The average molecular weight is 328 g/mol. The molecule has 0 aliphatic heterocycles. The summed E-state index contributed by atoms with van der Waals surface area (Å²) < 4.78 is 29.2. The molecule has 0 bridgehead atoms. The molecule has 0 aromatic carbocycles. The van der Waals surface area contributed by atoms with Crippen LogP contribution in [0.25, 0.3) is 0 Å². The number of aryl methyl sites for hydroxylation is 2. The molecular formula is C13H20N4O2S2. The Hall–Kier alpha value is -1.22. The van der Waals surface area contributed by atoms with Crippen LogP contribution >= 0.6 is 11.3 Å². The lowest BCUT2D eigenvalue weighted by Gasteiger charge is -2.06. The number of nitrogens with one attached hydrogen (secondary N) is 2. The van der Waals surface area contributed by atoms with Gasteiger partial charge in [0.25, 0.3) is 0 Å². The molecule has 0 saturated carbocycles. The van der Waals surface area contributed by atoms with Gasteiger partial charge in [-0.1, -0.05) is 0 Å². The second-order valence-electron chi connectivity index (χ2n) is 4.77. The van der Waals surface area contributed by atoms with E-state index < -0.39 is 10.0 Å². The van der Waals surface area contributed by atoms with Gasteiger partial charge >= 0.3 is 0 Å². The Morgan fingerprint density at radius 2 is 2.19 bits per heavy atom. The predicted molar refractivity (Wildman–Crippen MR) is 83.9 cm³/mol. The fraction of sp³-hybridized carbons (Fsp3) is 0.462. The molecule has 116 valence electrons. The van der Waals surface area contributed by atoms with Gasteiger partial charge in [-0.05, 0) is 20.0 Å². The molecule has 0 aliphatic carbocycles. The third-order valence-electron chi connectivity index (χ3n) is 3.13. The van der Waals surface area contributed by atoms with E-state index in [1.165, 1.54) is 11.3 Å². The van der Waals surface area contributed by atoms with Gasteiger partial charge < -0.3 is 9.88 Å². The van der Waals surface area contributed by atoms with Crippen molar-refractivity contribution in [1.29, 1.82) is 0 Å². The highest BCUT2D eigenvalue weighted by molar-refractivity contribution is 7.89. The summed E-state index contributed by atoms with van der Waals surface area (Å²) >= 11 is 1.50. The molecule has 0 saturated heterocycles. The molecule has 8 heteroatoms. The van der Waals surface area contributed by atoms with Gasteiger partial charge in [0.1, 0.15) is 5.82 Å². The number of aromatic nitrogens is 2. The standard InChI is InChI=1S/C13H20N4O2S2/c1-10-12(8-11(20-10)9-14-2)21(18,19)16-5-4-13-15-6-7-17(13)3/h6-8,14,16H,4-5,9H2,1-3H3. The smallest absolute Gasteiger partial charge is 0.241 e. The first-order valence-electron chi connectivity index (χ1n) is 6.64. The van der Waals surface area contributed by atoms with Crippen LogP contribution in [-0.4, -0.2) is 31.6 Å². The number of imidazole rings is 1. The first kappa shape index (κ1) is 16.2. The fourth-order valence-corrected chi connectivity index (χ4v) is 4.74. The number of hydrogen-bond donors (Lipinski definition) is 2. The number of sulfonamides is 1. The normalized spacial score (nSPS) is 12.0. The summed E-state index contributed by atoms with van der Waals surface area (Å²) in [6.07, 6.45) is 4.11. The van der Waals surface area contributed by atoms with E-state index in [1.807, 2.05) is 31.8 Å². The third-order valence-corrected chi connectivity index (χ3v) is 5.89. The van der Waals surface area contributed by atoms with Gasteiger partial charge in [-0.25, -0.2) is 18.1 Å². The summed E-state index contributed by atoms with van der Waals surface area (Å²) in [5.41, 5.74) is 0. The van der Waals surface area contributed by atoms with Crippen LogP contribution in [0.15, 0.2) is 23.4 Å². The molecule has 0 amide bonds. The van der Waals surface area contributed by atoms with Crippen LogP contribution in [0.4, 0.5) is 0 Å². The van der Waals surface area contributed by atoms with Crippen LogP contribution in [0.5, 0.6) is 0 Å². The van der Waals surface area contributed by atoms with Gasteiger partial charge in [0.2, 0.25) is 10.0 Å². The van der Waals surface area contributed by atoms with E-state index in [1.54, 1.807) is 12.3 Å². The molecule has 0 fully saturated rings. The van der Waals surface area contributed by atoms with Gasteiger partial charge in [-0.3, -0.25) is 0 Å². The first-order valence-corrected chi connectivity index (χ1v) is 8.94. The molecule has 0 aliphatic rings. The monoisotopic (exact) mass is 328 g/mol. The van der Waals surface area contributed by atoms with Crippen molar-refractivity contribution < 1.29 is 8.42 Å². The average Bonchev–Trinajstić information content (AvgIpc) is 2.97. The van der Waals surface area contributed by atoms with Crippen molar-refractivity contribution >= 4 is 21.4 Å². The molecule has 0 radical (unpaired) electrons. The molecule has 0 spiro atoms. The van der Waals surface area contributed by atoms with Crippen LogP contribution in [0.2, 0.25) is 0 Å². The van der Waals surface area contributed by atoms with Crippen LogP contribution in [0, 0.1) is 6.92 Å². The lowest BCUT2D eigenvalue weighted by atomic mass is 10.4. The summed E-state index contributed by atoms with van der Waals surface area (Å²) in [5.74, 6) is 0.857. The van der Waals surface area contributed by atoms with E-state index >= 15 is 0 Å². The predicted octanol–water partition coefficient (Wildman–Crippen LogP) is 1.03. The number of thiophene rings is 1. The van der Waals surface area contributed by atoms with Gasteiger partial charge in [0.15, 0.2) is 0 Å². The Balaban J connectivity index is 2.03. The molecule has 2 rings (SSSR count). The van der Waals surface area contributed by atoms with Crippen LogP contribution in [0.1, 0.15) is 15.6 Å². The zero-order valence-corrected chi connectivity index (χ0v) is 14.0. The van der Waals surface area contributed by atoms with Crippen LogP contribution < -0.4 is 10.0 Å². The van der Waals surface area contributed by atoms with Crippen molar-refractivity contribution in [3.05, 3.63) is 34.0 Å². The molecule has 0 unspecified atom stereocenters. The van der Waals surface area contributed by atoms with Crippen molar-refractivity contribution in [3.8, 4) is 0 Å².